The first-order valence-corrected chi connectivity index (χ1v) is 9.00. The fraction of sp³-hybridized carbons (Fsp3) is 0.412. The summed E-state index contributed by atoms with van der Waals surface area (Å²) in [6.45, 7) is -0.288. The normalized spacial score (nSPS) is 14.8. The number of hydrogen-bond donors (Lipinski definition) is 1. The van der Waals surface area contributed by atoms with Crippen molar-refractivity contribution in [3.05, 3.63) is 28.1 Å². The second-order valence-corrected chi connectivity index (χ2v) is 7.16. The minimum Gasteiger partial charge on any atom is -0.497 e. The van der Waals surface area contributed by atoms with E-state index in [1.807, 2.05) is 6.07 Å². The highest BCUT2D eigenvalue weighted by atomic mass is 35.5. The monoisotopic (exact) mass is 367 g/mol. The third kappa shape index (κ3) is 3.65. The zero-order valence-corrected chi connectivity index (χ0v) is 14.8. The van der Waals surface area contributed by atoms with Gasteiger partial charge in [-0.05, 0) is 31.0 Å². The number of esters is 1. The fourth-order valence-corrected chi connectivity index (χ4v) is 4.27. The minimum absolute atomic E-state index is 0.205. The van der Waals surface area contributed by atoms with Crippen molar-refractivity contribution < 1.29 is 19.1 Å². The average Bonchev–Trinajstić information content (AvgIpc) is 3.20. The Bertz CT molecular complexity index is 767. The second-order valence-electron chi connectivity index (χ2n) is 5.73. The Morgan fingerprint density at radius 2 is 2.08 bits per heavy atom. The van der Waals surface area contributed by atoms with E-state index in [2.05, 4.69) is 5.32 Å². The summed E-state index contributed by atoms with van der Waals surface area (Å²) in [5, 5.41) is 3.99. The lowest BCUT2D eigenvalue weighted by molar-refractivity contribution is -0.124. The maximum Gasteiger partial charge on any atom is 0.350 e. The van der Waals surface area contributed by atoms with Gasteiger partial charge in [-0.25, -0.2) is 4.79 Å². The zero-order valence-electron chi connectivity index (χ0n) is 13.3. The van der Waals surface area contributed by atoms with E-state index in [1.165, 1.54) is 11.3 Å². The van der Waals surface area contributed by atoms with Crippen molar-refractivity contribution in [2.45, 2.75) is 31.7 Å². The van der Waals surface area contributed by atoms with Crippen molar-refractivity contribution in [3.8, 4) is 5.75 Å². The summed E-state index contributed by atoms with van der Waals surface area (Å²) < 4.78 is 11.1. The third-order valence-electron chi connectivity index (χ3n) is 4.08. The van der Waals surface area contributed by atoms with Crippen LogP contribution < -0.4 is 10.1 Å². The summed E-state index contributed by atoms with van der Waals surface area (Å²) in [5.74, 6) is -0.160. The van der Waals surface area contributed by atoms with Crippen LogP contribution in [0.2, 0.25) is 5.02 Å². The molecule has 1 aromatic carbocycles. The topological polar surface area (TPSA) is 64.6 Å². The molecule has 1 amide bonds. The van der Waals surface area contributed by atoms with E-state index in [0.29, 0.717) is 15.6 Å². The maximum atomic E-state index is 12.2. The summed E-state index contributed by atoms with van der Waals surface area (Å²) in [7, 11) is 1.58. The smallest absolute Gasteiger partial charge is 0.350 e. The molecule has 24 heavy (non-hydrogen) atoms. The zero-order chi connectivity index (χ0) is 17.1. The molecule has 2 aromatic rings. The van der Waals surface area contributed by atoms with Gasteiger partial charge in [0.15, 0.2) is 6.61 Å². The van der Waals surface area contributed by atoms with E-state index in [4.69, 9.17) is 21.1 Å². The summed E-state index contributed by atoms with van der Waals surface area (Å²) in [5.41, 5.74) is 0. The first kappa shape index (κ1) is 17.0. The van der Waals surface area contributed by atoms with Gasteiger partial charge in [0, 0.05) is 16.1 Å². The Labute approximate surface area is 148 Å². The van der Waals surface area contributed by atoms with E-state index >= 15 is 0 Å². The number of fused-ring (bicyclic) bond motifs is 1. The molecule has 128 valence electrons. The van der Waals surface area contributed by atoms with E-state index in [0.717, 1.165) is 35.8 Å². The molecule has 1 aliphatic rings. The van der Waals surface area contributed by atoms with Crippen LogP contribution in [0.4, 0.5) is 0 Å². The lowest BCUT2D eigenvalue weighted by Gasteiger charge is -2.11. The van der Waals surface area contributed by atoms with Gasteiger partial charge < -0.3 is 14.8 Å². The molecule has 3 rings (SSSR count). The van der Waals surface area contributed by atoms with Crippen LogP contribution in [0, 0.1) is 0 Å². The van der Waals surface area contributed by atoms with Gasteiger partial charge in [-0.15, -0.1) is 11.3 Å². The predicted molar refractivity (Wildman–Crippen MR) is 94.1 cm³/mol. The van der Waals surface area contributed by atoms with Crippen LogP contribution >= 0.6 is 22.9 Å². The fourth-order valence-electron chi connectivity index (χ4n) is 2.84. The number of halogens is 1. The van der Waals surface area contributed by atoms with Gasteiger partial charge in [0.1, 0.15) is 10.6 Å². The van der Waals surface area contributed by atoms with Crippen LogP contribution in [0.1, 0.15) is 35.4 Å². The average molecular weight is 368 g/mol. The molecule has 1 saturated carbocycles. The Hall–Kier alpha value is -1.79. The third-order valence-corrected chi connectivity index (χ3v) is 5.71. The van der Waals surface area contributed by atoms with Crippen LogP contribution in [0.3, 0.4) is 0 Å². The van der Waals surface area contributed by atoms with Crippen molar-refractivity contribution in [1.29, 1.82) is 0 Å². The second kappa shape index (κ2) is 7.40. The molecule has 0 saturated heterocycles. The molecule has 0 spiro atoms. The molecule has 0 atom stereocenters. The van der Waals surface area contributed by atoms with Gasteiger partial charge in [0.05, 0.1) is 12.1 Å². The number of rotatable bonds is 5. The van der Waals surface area contributed by atoms with E-state index in [9.17, 15) is 9.59 Å². The molecule has 7 heteroatoms. The molecular formula is C17H18ClNO4S. The van der Waals surface area contributed by atoms with Gasteiger partial charge in [-0.2, -0.15) is 0 Å². The number of methoxy groups -OCH3 is 1. The first-order valence-electron chi connectivity index (χ1n) is 7.81. The molecule has 0 unspecified atom stereocenters. The van der Waals surface area contributed by atoms with Crippen LogP contribution in [0.5, 0.6) is 5.75 Å². The van der Waals surface area contributed by atoms with Gasteiger partial charge >= 0.3 is 5.97 Å². The molecule has 1 N–H and O–H groups in total. The van der Waals surface area contributed by atoms with Crippen LogP contribution in [-0.4, -0.2) is 31.6 Å². The number of hydrogen-bond acceptors (Lipinski definition) is 5. The lowest BCUT2D eigenvalue weighted by atomic mass is 10.2. The lowest BCUT2D eigenvalue weighted by Crippen LogP contribution is -2.35. The van der Waals surface area contributed by atoms with Crippen molar-refractivity contribution in [3.63, 3.8) is 0 Å². The Morgan fingerprint density at radius 3 is 2.79 bits per heavy atom. The van der Waals surface area contributed by atoms with Crippen LogP contribution in [0.25, 0.3) is 10.1 Å². The van der Waals surface area contributed by atoms with Gasteiger partial charge in [-0.1, -0.05) is 24.4 Å². The minimum atomic E-state index is -0.582. The molecule has 1 heterocycles. The maximum absolute atomic E-state index is 12.2. The molecule has 0 bridgehead atoms. The van der Waals surface area contributed by atoms with Gasteiger partial charge in [0.25, 0.3) is 5.91 Å². The van der Waals surface area contributed by atoms with E-state index < -0.39 is 5.97 Å². The number of ether oxygens (including phenoxy) is 2. The molecular weight excluding hydrogens is 350 g/mol. The predicted octanol–water partition coefficient (Wildman–Crippen LogP) is 3.78. The summed E-state index contributed by atoms with van der Waals surface area (Å²) in [6, 6.07) is 5.61. The first-order chi connectivity index (χ1) is 11.6. The van der Waals surface area contributed by atoms with Gasteiger partial charge in [0.2, 0.25) is 0 Å². The number of thiophene rings is 1. The molecule has 5 nitrogen and oxygen atoms in total. The van der Waals surface area contributed by atoms with Crippen molar-refractivity contribution >= 4 is 44.9 Å². The molecule has 1 aromatic heterocycles. The van der Waals surface area contributed by atoms with Crippen molar-refractivity contribution in [1.82, 2.24) is 5.32 Å². The highest BCUT2D eigenvalue weighted by Crippen LogP contribution is 2.37. The molecule has 1 fully saturated rings. The summed E-state index contributed by atoms with van der Waals surface area (Å²) in [6.07, 6.45) is 4.24. The van der Waals surface area contributed by atoms with E-state index in [1.54, 1.807) is 19.2 Å². The largest absolute Gasteiger partial charge is 0.497 e. The number of amides is 1. The Balaban J connectivity index is 1.65. The number of nitrogens with one attached hydrogen (secondary N) is 1. The molecule has 0 aliphatic heterocycles. The van der Waals surface area contributed by atoms with Gasteiger partial charge in [-0.3, -0.25) is 4.79 Å². The highest BCUT2D eigenvalue weighted by molar-refractivity contribution is 7.21. The Morgan fingerprint density at radius 1 is 1.33 bits per heavy atom. The number of carbonyl (C=O) groups excluding carboxylic acids is 2. The van der Waals surface area contributed by atoms with Crippen molar-refractivity contribution in [2.24, 2.45) is 0 Å². The summed E-state index contributed by atoms with van der Waals surface area (Å²) >= 11 is 7.50. The highest BCUT2D eigenvalue weighted by Gasteiger charge is 2.21. The number of carbonyl (C=O) groups is 2. The van der Waals surface area contributed by atoms with Crippen LogP contribution in [0.15, 0.2) is 18.2 Å². The Kier molecular flexibility index (Phi) is 5.26. The SMILES string of the molecule is COc1ccc2c(Cl)c(C(=O)OCC(=O)NC3CCCC3)sc2c1. The molecule has 0 radical (unpaired) electrons. The van der Waals surface area contributed by atoms with Crippen LogP contribution in [-0.2, 0) is 9.53 Å². The summed E-state index contributed by atoms with van der Waals surface area (Å²) in [4.78, 5) is 24.4. The standard InChI is InChI=1S/C17H18ClNO4S/c1-22-11-6-7-12-13(8-11)24-16(15(12)18)17(21)23-9-14(20)19-10-4-2-3-5-10/h6-8,10H,2-5,9H2,1H3,(H,19,20). The molecule has 1 aliphatic carbocycles. The quantitative estimate of drug-likeness (QED) is 0.817. The van der Waals surface area contributed by atoms with E-state index in [-0.39, 0.29) is 18.6 Å². The number of benzene rings is 1. The van der Waals surface area contributed by atoms with Crippen molar-refractivity contribution in [2.75, 3.05) is 13.7 Å².